The molecule has 0 saturated heterocycles. The Kier molecular flexibility index (Phi) is 8.12. The summed E-state index contributed by atoms with van der Waals surface area (Å²) in [5.41, 5.74) is 1.10. The summed E-state index contributed by atoms with van der Waals surface area (Å²) < 4.78 is 0. The Balaban J connectivity index is 0.000000360. The van der Waals surface area contributed by atoms with Gasteiger partial charge < -0.3 is 5.11 Å². The van der Waals surface area contributed by atoms with Crippen molar-refractivity contribution in [3.05, 3.63) is 60.2 Å². The van der Waals surface area contributed by atoms with Gasteiger partial charge in [0.25, 0.3) is 0 Å². The molecule has 1 unspecified atom stereocenters. The van der Waals surface area contributed by atoms with Gasteiger partial charge in [-0.05, 0) is 0 Å². The van der Waals surface area contributed by atoms with Crippen molar-refractivity contribution in [2.24, 2.45) is 0 Å². The number of carboxylic acid groups (broad SMARTS) is 1. The normalized spacial score (nSPS) is 10.6. The van der Waals surface area contributed by atoms with Gasteiger partial charge in [0.2, 0.25) is 0 Å². The van der Waals surface area contributed by atoms with E-state index in [2.05, 4.69) is 0 Å². The van der Waals surface area contributed by atoms with E-state index in [1.807, 2.05) is 61.5 Å². The Labute approximate surface area is 112 Å². The predicted molar refractivity (Wildman–Crippen MR) is 64.7 cm³/mol. The standard InChI is InChI=1S/C9H11O2.C5H5.Fe/c1-7(6-9(10)11)8-4-2-3-5-8;1-2-4-5-3-1;/h2-5,7H,6H2,1H3,(H,10,11);1-5H;/q2*-1;+2. The van der Waals surface area contributed by atoms with E-state index in [0.29, 0.717) is 0 Å². The van der Waals surface area contributed by atoms with Crippen LogP contribution in [0.25, 0.3) is 0 Å². The maximum Gasteiger partial charge on any atom is 2.00 e. The van der Waals surface area contributed by atoms with E-state index in [1.165, 1.54) is 0 Å². The van der Waals surface area contributed by atoms with Gasteiger partial charge in [-0.2, -0.15) is 35.9 Å². The Morgan fingerprint density at radius 1 is 1.24 bits per heavy atom. The van der Waals surface area contributed by atoms with Crippen LogP contribution in [-0.2, 0) is 21.9 Å². The van der Waals surface area contributed by atoms with Crippen LogP contribution in [0.5, 0.6) is 0 Å². The van der Waals surface area contributed by atoms with Gasteiger partial charge in [0.05, 0.1) is 0 Å². The minimum atomic E-state index is -0.737. The molecule has 0 fully saturated rings. The number of rotatable bonds is 3. The van der Waals surface area contributed by atoms with E-state index in [4.69, 9.17) is 5.11 Å². The molecule has 0 aliphatic heterocycles. The minimum Gasteiger partial charge on any atom is -0.481 e. The Bertz CT molecular complexity index is 359. The summed E-state index contributed by atoms with van der Waals surface area (Å²) in [7, 11) is 0. The molecule has 1 N–H and O–H groups in total. The Morgan fingerprint density at radius 2 is 1.76 bits per heavy atom. The summed E-state index contributed by atoms with van der Waals surface area (Å²) in [5, 5.41) is 8.48. The summed E-state index contributed by atoms with van der Waals surface area (Å²) in [6.07, 6.45) is 0.212. The van der Waals surface area contributed by atoms with E-state index in [-0.39, 0.29) is 29.4 Å². The molecule has 2 aromatic rings. The van der Waals surface area contributed by atoms with Gasteiger partial charge >= 0.3 is 23.0 Å². The monoisotopic (exact) mass is 272 g/mol. The van der Waals surface area contributed by atoms with Gasteiger partial charge in [0.1, 0.15) is 0 Å². The molecular formula is C14H16FeO2. The summed E-state index contributed by atoms with van der Waals surface area (Å²) >= 11 is 0. The van der Waals surface area contributed by atoms with Crippen molar-refractivity contribution in [3.8, 4) is 0 Å². The number of hydrogen-bond acceptors (Lipinski definition) is 1. The van der Waals surface area contributed by atoms with Crippen molar-refractivity contribution in [2.75, 3.05) is 0 Å². The van der Waals surface area contributed by atoms with Crippen molar-refractivity contribution in [1.29, 1.82) is 0 Å². The molecule has 17 heavy (non-hydrogen) atoms. The van der Waals surface area contributed by atoms with Gasteiger partial charge in [-0.1, -0.05) is 12.8 Å². The molecule has 0 bridgehead atoms. The molecule has 0 aromatic heterocycles. The third kappa shape index (κ3) is 6.77. The van der Waals surface area contributed by atoms with Crippen LogP contribution in [0.3, 0.4) is 0 Å². The first kappa shape index (κ1) is 15.7. The largest absolute Gasteiger partial charge is 2.00 e. The topological polar surface area (TPSA) is 37.3 Å². The molecule has 0 saturated carbocycles. The average molecular weight is 272 g/mol. The molecular weight excluding hydrogens is 256 g/mol. The molecule has 0 amide bonds. The number of aliphatic carboxylic acids is 1. The van der Waals surface area contributed by atoms with Gasteiger partial charge in [-0.15, -0.1) is 0 Å². The van der Waals surface area contributed by atoms with E-state index >= 15 is 0 Å². The quantitative estimate of drug-likeness (QED) is 0.687. The van der Waals surface area contributed by atoms with Crippen LogP contribution in [0.4, 0.5) is 0 Å². The molecule has 0 aliphatic carbocycles. The van der Waals surface area contributed by atoms with Crippen LogP contribution in [0, 0.1) is 0 Å². The zero-order chi connectivity index (χ0) is 11.8. The molecule has 2 nitrogen and oxygen atoms in total. The second-order valence-electron chi connectivity index (χ2n) is 3.68. The second-order valence-corrected chi connectivity index (χ2v) is 3.68. The van der Waals surface area contributed by atoms with Crippen LogP contribution >= 0.6 is 0 Å². The molecule has 2 aromatic carbocycles. The molecule has 3 heteroatoms. The van der Waals surface area contributed by atoms with Gasteiger partial charge in [0.15, 0.2) is 0 Å². The van der Waals surface area contributed by atoms with Gasteiger partial charge in [-0.3, -0.25) is 4.79 Å². The van der Waals surface area contributed by atoms with E-state index in [1.54, 1.807) is 0 Å². The molecule has 1 atom stereocenters. The van der Waals surface area contributed by atoms with Crippen molar-refractivity contribution < 1.29 is 27.0 Å². The molecule has 0 heterocycles. The predicted octanol–water partition coefficient (Wildman–Crippen LogP) is 3.39. The van der Waals surface area contributed by atoms with Crippen LogP contribution in [0.1, 0.15) is 24.8 Å². The number of carbonyl (C=O) groups is 1. The summed E-state index contributed by atoms with van der Waals surface area (Å²) in [6.45, 7) is 1.92. The Morgan fingerprint density at radius 3 is 2.12 bits per heavy atom. The average Bonchev–Trinajstić information content (AvgIpc) is 2.94. The summed E-state index contributed by atoms with van der Waals surface area (Å²) in [4.78, 5) is 10.3. The van der Waals surface area contributed by atoms with Crippen molar-refractivity contribution in [2.45, 2.75) is 19.3 Å². The molecule has 2 rings (SSSR count). The molecule has 0 spiro atoms. The first-order valence-electron chi connectivity index (χ1n) is 5.30. The van der Waals surface area contributed by atoms with E-state index in [9.17, 15) is 4.79 Å². The maximum atomic E-state index is 10.3. The smallest absolute Gasteiger partial charge is 0.481 e. The first-order valence-corrected chi connectivity index (χ1v) is 5.30. The first-order chi connectivity index (χ1) is 7.70. The van der Waals surface area contributed by atoms with Crippen molar-refractivity contribution >= 4 is 5.97 Å². The Hall–Kier alpha value is -1.31. The van der Waals surface area contributed by atoms with Crippen LogP contribution in [0.15, 0.2) is 54.6 Å². The minimum absolute atomic E-state index is 0. The zero-order valence-electron chi connectivity index (χ0n) is 9.69. The van der Waals surface area contributed by atoms with E-state index < -0.39 is 5.97 Å². The molecule has 92 valence electrons. The second kappa shape index (κ2) is 8.80. The fraction of sp³-hybridized carbons (Fsp3) is 0.214. The third-order valence-corrected chi connectivity index (χ3v) is 2.29. The maximum absolute atomic E-state index is 10.3. The van der Waals surface area contributed by atoms with Crippen LogP contribution < -0.4 is 0 Å². The van der Waals surface area contributed by atoms with E-state index in [0.717, 1.165) is 5.56 Å². The SMILES string of the molecule is CC(CC(=O)O)[c-]1cccc1.[Fe+2].c1cc[cH-]c1. The molecule has 0 radical (unpaired) electrons. The number of carboxylic acids is 1. The zero-order valence-corrected chi connectivity index (χ0v) is 10.8. The van der Waals surface area contributed by atoms with Gasteiger partial charge in [0, 0.05) is 6.42 Å². The molecule has 0 aliphatic rings. The third-order valence-electron chi connectivity index (χ3n) is 2.29. The van der Waals surface area contributed by atoms with Crippen LogP contribution in [0.2, 0.25) is 0 Å². The van der Waals surface area contributed by atoms with Crippen molar-refractivity contribution in [3.63, 3.8) is 0 Å². The van der Waals surface area contributed by atoms with Crippen LogP contribution in [-0.4, -0.2) is 11.1 Å². The summed E-state index contributed by atoms with van der Waals surface area (Å²) in [5.74, 6) is -0.610. The number of hydrogen-bond donors (Lipinski definition) is 1. The fourth-order valence-corrected chi connectivity index (χ4v) is 1.42. The van der Waals surface area contributed by atoms with Crippen molar-refractivity contribution in [1.82, 2.24) is 0 Å². The summed E-state index contributed by atoms with van der Waals surface area (Å²) in [6, 6.07) is 17.8. The van der Waals surface area contributed by atoms with Gasteiger partial charge in [-0.25, -0.2) is 24.3 Å². The fourth-order valence-electron chi connectivity index (χ4n) is 1.42.